The van der Waals surface area contributed by atoms with Crippen LogP contribution in [0.5, 0.6) is 0 Å². The Morgan fingerprint density at radius 3 is 2.74 bits per heavy atom. The van der Waals surface area contributed by atoms with E-state index in [4.69, 9.17) is 5.73 Å². The Bertz CT molecular complexity index is 625. The van der Waals surface area contributed by atoms with Crippen LogP contribution in [-0.2, 0) is 10.0 Å². The third-order valence-electron chi connectivity index (χ3n) is 3.74. The van der Waals surface area contributed by atoms with Crippen LogP contribution in [-0.4, -0.2) is 26.3 Å². The molecule has 102 valence electrons. The molecule has 1 saturated carbocycles. The largest absolute Gasteiger partial charge is 0.326 e. The van der Waals surface area contributed by atoms with Gasteiger partial charge >= 0.3 is 0 Å². The first-order valence-electron chi connectivity index (χ1n) is 6.53. The molecule has 3 N–H and O–H groups in total. The highest BCUT2D eigenvalue weighted by Crippen LogP contribution is 2.25. The van der Waals surface area contributed by atoms with Crippen LogP contribution in [0.25, 0.3) is 0 Å². The van der Waals surface area contributed by atoms with Gasteiger partial charge in [-0.05, 0) is 25.0 Å². The number of nitrogens with two attached hydrogens (primary N) is 1. The topological polar surface area (TPSA) is 84.5 Å². The van der Waals surface area contributed by atoms with Crippen molar-refractivity contribution in [2.24, 2.45) is 10.7 Å². The molecule has 6 heteroatoms. The molecule has 0 amide bonds. The third-order valence-corrected chi connectivity index (χ3v) is 5.14. The number of nitrogens with zero attached hydrogens (tertiary/aromatic N) is 1. The van der Waals surface area contributed by atoms with Gasteiger partial charge in [0.25, 0.3) is 10.0 Å². The van der Waals surface area contributed by atoms with E-state index in [9.17, 15) is 8.42 Å². The molecule has 5 nitrogen and oxygen atoms in total. The zero-order valence-corrected chi connectivity index (χ0v) is 11.4. The molecule has 2 aliphatic rings. The van der Waals surface area contributed by atoms with Crippen LogP contribution >= 0.6 is 0 Å². The van der Waals surface area contributed by atoms with Crippen LogP contribution in [0.1, 0.15) is 31.2 Å². The van der Waals surface area contributed by atoms with E-state index < -0.39 is 10.0 Å². The SMILES string of the molecule is N[C@H]1CCCC[C@H]1N=C1NS(=O)(=O)c2ccccc21. The fraction of sp³-hybridized carbons (Fsp3) is 0.462. The van der Waals surface area contributed by atoms with Crippen molar-refractivity contribution < 1.29 is 8.42 Å². The van der Waals surface area contributed by atoms with Gasteiger partial charge < -0.3 is 5.73 Å². The van der Waals surface area contributed by atoms with Crippen molar-refractivity contribution in [2.45, 2.75) is 42.7 Å². The summed E-state index contributed by atoms with van der Waals surface area (Å²) in [5.41, 5.74) is 6.71. The van der Waals surface area contributed by atoms with Crippen molar-refractivity contribution in [1.29, 1.82) is 0 Å². The predicted octanol–water partition coefficient (Wildman–Crippen LogP) is 0.995. The summed E-state index contributed by atoms with van der Waals surface area (Å²) in [6.07, 6.45) is 4.11. The molecule has 3 rings (SSSR count). The van der Waals surface area contributed by atoms with Gasteiger partial charge in [-0.3, -0.25) is 9.71 Å². The van der Waals surface area contributed by atoms with Crippen molar-refractivity contribution in [3.8, 4) is 0 Å². The number of benzene rings is 1. The number of rotatable bonds is 1. The summed E-state index contributed by atoms with van der Waals surface area (Å²) in [5, 5.41) is 0. The minimum absolute atomic E-state index is 0.0117. The molecular formula is C13H17N3O2S. The quantitative estimate of drug-likeness (QED) is 0.804. The average Bonchev–Trinajstić information content (AvgIpc) is 2.65. The molecule has 0 spiro atoms. The van der Waals surface area contributed by atoms with Gasteiger partial charge in [-0.2, -0.15) is 0 Å². The fourth-order valence-corrected chi connectivity index (χ4v) is 3.93. The second-order valence-corrected chi connectivity index (χ2v) is 6.75. The summed E-state index contributed by atoms with van der Waals surface area (Å²) in [7, 11) is -3.44. The van der Waals surface area contributed by atoms with Crippen LogP contribution < -0.4 is 10.5 Å². The molecule has 2 atom stereocenters. The maximum Gasteiger partial charge on any atom is 0.263 e. The van der Waals surface area contributed by atoms with Gasteiger partial charge in [-0.1, -0.05) is 25.0 Å². The number of aliphatic imine (C=N–C) groups is 1. The number of fused-ring (bicyclic) bond motifs is 1. The summed E-state index contributed by atoms with van der Waals surface area (Å²) >= 11 is 0. The van der Waals surface area contributed by atoms with Crippen molar-refractivity contribution in [3.05, 3.63) is 29.8 Å². The van der Waals surface area contributed by atoms with Crippen LogP contribution in [0, 0.1) is 0 Å². The summed E-state index contributed by atoms with van der Waals surface area (Å²) in [6, 6.07) is 6.95. The maximum atomic E-state index is 12.0. The standard InChI is InChI=1S/C13H17N3O2S/c14-10-6-2-3-7-11(10)15-13-9-5-1-4-8-12(9)19(17,18)16-13/h1,4-5,8,10-11H,2-3,6-7,14H2,(H,15,16)/t10-,11+/m0/s1. The Labute approximate surface area is 113 Å². The van der Waals surface area contributed by atoms with Crippen molar-refractivity contribution in [2.75, 3.05) is 0 Å². The number of hydrogen-bond donors (Lipinski definition) is 2. The van der Waals surface area contributed by atoms with Gasteiger partial charge in [0.05, 0.1) is 10.9 Å². The predicted molar refractivity (Wildman–Crippen MR) is 73.5 cm³/mol. The van der Waals surface area contributed by atoms with E-state index in [1.54, 1.807) is 18.2 Å². The molecule has 0 saturated heterocycles. The first-order chi connectivity index (χ1) is 9.08. The Morgan fingerprint density at radius 2 is 1.95 bits per heavy atom. The summed E-state index contributed by atoms with van der Waals surface area (Å²) in [5.74, 6) is 0.443. The normalized spacial score (nSPS) is 30.9. The van der Waals surface area contributed by atoms with Crippen LogP contribution in [0.2, 0.25) is 0 Å². The van der Waals surface area contributed by atoms with Crippen LogP contribution in [0.15, 0.2) is 34.2 Å². The molecule has 1 aromatic rings. The number of hydrogen-bond acceptors (Lipinski definition) is 4. The third kappa shape index (κ3) is 2.26. The lowest BCUT2D eigenvalue weighted by Crippen LogP contribution is -2.38. The van der Waals surface area contributed by atoms with E-state index >= 15 is 0 Å². The van der Waals surface area contributed by atoms with E-state index in [2.05, 4.69) is 9.71 Å². The van der Waals surface area contributed by atoms with Crippen LogP contribution in [0.4, 0.5) is 0 Å². The van der Waals surface area contributed by atoms with Gasteiger partial charge in [0.1, 0.15) is 5.84 Å². The Morgan fingerprint density at radius 1 is 1.21 bits per heavy atom. The minimum atomic E-state index is -3.44. The number of nitrogens with one attached hydrogen (secondary N) is 1. The van der Waals surface area contributed by atoms with E-state index in [1.807, 2.05) is 6.07 Å². The molecule has 0 aromatic heterocycles. The van der Waals surface area contributed by atoms with E-state index in [0.717, 1.165) is 25.7 Å². The first-order valence-corrected chi connectivity index (χ1v) is 8.02. The average molecular weight is 279 g/mol. The van der Waals surface area contributed by atoms with Gasteiger partial charge in [-0.25, -0.2) is 8.42 Å². The highest BCUT2D eigenvalue weighted by molar-refractivity contribution is 7.90. The lowest BCUT2D eigenvalue weighted by molar-refractivity contribution is 0.386. The molecular weight excluding hydrogens is 262 g/mol. The molecule has 1 aromatic carbocycles. The highest BCUT2D eigenvalue weighted by atomic mass is 32.2. The lowest BCUT2D eigenvalue weighted by Gasteiger charge is -2.25. The number of amidine groups is 1. The zero-order valence-electron chi connectivity index (χ0n) is 10.5. The summed E-state index contributed by atoms with van der Waals surface area (Å²) in [4.78, 5) is 4.86. The van der Waals surface area contributed by atoms with Crippen LogP contribution in [0.3, 0.4) is 0 Å². The smallest absolute Gasteiger partial charge is 0.263 e. The van der Waals surface area contributed by atoms with E-state index in [-0.39, 0.29) is 12.1 Å². The number of sulfonamides is 1. The Balaban J connectivity index is 1.99. The Hall–Kier alpha value is -1.40. The van der Waals surface area contributed by atoms with Crippen molar-refractivity contribution in [3.63, 3.8) is 0 Å². The summed E-state index contributed by atoms with van der Waals surface area (Å²) in [6.45, 7) is 0. The van der Waals surface area contributed by atoms with Gasteiger partial charge in [-0.15, -0.1) is 0 Å². The van der Waals surface area contributed by atoms with E-state index in [1.165, 1.54) is 0 Å². The van der Waals surface area contributed by atoms with Gasteiger partial charge in [0.2, 0.25) is 0 Å². The van der Waals surface area contributed by atoms with E-state index in [0.29, 0.717) is 16.3 Å². The molecule has 1 aliphatic heterocycles. The molecule has 0 unspecified atom stereocenters. The van der Waals surface area contributed by atoms with Crippen molar-refractivity contribution >= 4 is 15.9 Å². The highest BCUT2D eigenvalue weighted by Gasteiger charge is 2.32. The van der Waals surface area contributed by atoms with Gasteiger partial charge in [0, 0.05) is 11.6 Å². The molecule has 1 fully saturated rings. The molecule has 1 aliphatic carbocycles. The second-order valence-electron chi connectivity index (χ2n) is 5.10. The fourth-order valence-electron chi connectivity index (χ4n) is 2.70. The molecule has 1 heterocycles. The molecule has 0 radical (unpaired) electrons. The Kier molecular flexibility index (Phi) is 3.06. The molecule has 0 bridgehead atoms. The minimum Gasteiger partial charge on any atom is -0.326 e. The van der Waals surface area contributed by atoms with Crippen molar-refractivity contribution in [1.82, 2.24) is 4.72 Å². The monoisotopic (exact) mass is 279 g/mol. The first kappa shape index (κ1) is 12.6. The van der Waals surface area contributed by atoms with Gasteiger partial charge in [0.15, 0.2) is 0 Å². The maximum absolute atomic E-state index is 12.0. The zero-order chi connectivity index (χ0) is 13.5. The summed E-state index contributed by atoms with van der Waals surface area (Å²) < 4.78 is 26.5. The lowest BCUT2D eigenvalue weighted by atomic mass is 9.91. The molecule has 19 heavy (non-hydrogen) atoms. The second kappa shape index (κ2) is 4.61.